The van der Waals surface area contributed by atoms with Gasteiger partial charge >= 0.3 is 0 Å². The molecule has 25 heavy (non-hydrogen) atoms. The van der Waals surface area contributed by atoms with E-state index in [2.05, 4.69) is 10.5 Å². The number of carbonyl (C=O) groups excluding carboxylic acids is 1. The molecule has 2 heterocycles. The summed E-state index contributed by atoms with van der Waals surface area (Å²) in [4.78, 5) is 19.3. The van der Waals surface area contributed by atoms with Gasteiger partial charge in [0.25, 0.3) is 0 Å². The lowest BCUT2D eigenvalue weighted by Crippen LogP contribution is -2.25. The maximum atomic E-state index is 12.6. The molecule has 124 valence electrons. The molecule has 4 heteroatoms. The van der Waals surface area contributed by atoms with Crippen molar-refractivity contribution < 1.29 is 4.79 Å². The van der Waals surface area contributed by atoms with Crippen molar-refractivity contribution in [2.45, 2.75) is 25.8 Å². The van der Waals surface area contributed by atoms with Crippen LogP contribution in [0.1, 0.15) is 23.7 Å². The second kappa shape index (κ2) is 6.10. The predicted octanol–water partition coefficient (Wildman–Crippen LogP) is 3.50. The first-order valence-corrected chi connectivity index (χ1v) is 8.43. The Labute approximate surface area is 147 Å². The Hall–Kier alpha value is -3.06. The Morgan fingerprint density at radius 2 is 1.96 bits per heavy atom. The lowest BCUT2D eigenvalue weighted by atomic mass is 10.1. The van der Waals surface area contributed by atoms with E-state index in [9.17, 15) is 4.79 Å². The van der Waals surface area contributed by atoms with E-state index in [1.165, 1.54) is 0 Å². The van der Waals surface area contributed by atoms with Crippen molar-refractivity contribution in [3.63, 3.8) is 0 Å². The maximum absolute atomic E-state index is 12.6. The Morgan fingerprint density at radius 1 is 1.20 bits per heavy atom. The molecule has 0 radical (unpaired) electrons. The zero-order valence-electron chi connectivity index (χ0n) is 14.1. The third kappa shape index (κ3) is 2.58. The normalized spacial score (nSPS) is 17.2. The topological polar surface area (TPSA) is 38.1 Å². The number of aromatic nitrogens is 2. The van der Waals surface area contributed by atoms with Gasteiger partial charge in [0.1, 0.15) is 5.82 Å². The summed E-state index contributed by atoms with van der Waals surface area (Å²) in [5.74, 6) is 3.81. The number of imidazole rings is 1. The third-order valence-electron chi connectivity index (χ3n) is 4.83. The minimum atomic E-state index is 0.0489. The van der Waals surface area contributed by atoms with Crippen LogP contribution < -0.4 is 4.90 Å². The van der Waals surface area contributed by atoms with Crippen molar-refractivity contribution in [1.29, 1.82) is 0 Å². The van der Waals surface area contributed by atoms with Crippen LogP contribution in [-0.4, -0.2) is 22.0 Å². The van der Waals surface area contributed by atoms with Gasteiger partial charge in [-0.1, -0.05) is 36.3 Å². The molecule has 1 aromatic heterocycles. The third-order valence-corrected chi connectivity index (χ3v) is 4.83. The zero-order valence-corrected chi connectivity index (χ0v) is 14.1. The van der Waals surface area contributed by atoms with E-state index in [0.717, 1.165) is 28.1 Å². The summed E-state index contributed by atoms with van der Waals surface area (Å²) in [5.41, 5.74) is 4.04. The first-order chi connectivity index (χ1) is 12.2. The highest BCUT2D eigenvalue weighted by molar-refractivity contribution is 5.97. The summed E-state index contributed by atoms with van der Waals surface area (Å²) < 4.78 is 2.06. The van der Waals surface area contributed by atoms with Crippen LogP contribution in [0, 0.1) is 19.3 Å². The number of amides is 1. The van der Waals surface area contributed by atoms with E-state index in [1.807, 2.05) is 60.4 Å². The van der Waals surface area contributed by atoms with Gasteiger partial charge in [0.15, 0.2) is 0 Å². The average Bonchev–Trinajstić information content (AvgIpc) is 3.17. The van der Waals surface area contributed by atoms with Gasteiger partial charge in [0.05, 0.1) is 17.6 Å². The Bertz CT molecular complexity index is 996. The molecule has 1 amide bonds. The second-order valence-corrected chi connectivity index (χ2v) is 6.44. The van der Waals surface area contributed by atoms with E-state index in [-0.39, 0.29) is 11.8 Å². The monoisotopic (exact) mass is 329 g/mol. The number of para-hydroxylation sites is 3. The van der Waals surface area contributed by atoms with Gasteiger partial charge in [-0.05, 0) is 30.7 Å². The SMILES string of the molecule is C#CCn1c([C@@H]2CC(=O)N(c3ccccc3C)C2)nc2ccccc21. The number of benzene rings is 2. The molecule has 3 aromatic rings. The summed E-state index contributed by atoms with van der Waals surface area (Å²) in [7, 11) is 0. The number of nitrogens with zero attached hydrogens (tertiary/aromatic N) is 3. The van der Waals surface area contributed by atoms with E-state index in [4.69, 9.17) is 11.4 Å². The van der Waals surface area contributed by atoms with Crippen molar-refractivity contribution in [1.82, 2.24) is 9.55 Å². The standard InChI is InChI=1S/C21H19N3O/c1-3-12-23-19-11-7-5-9-17(19)22-21(23)16-13-20(25)24(14-16)18-10-6-4-8-15(18)2/h1,4-11,16H,12-14H2,2H3/t16-/m1/s1. The molecule has 0 bridgehead atoms. The number of carbonyl (C=O) groups is 1. The van der Waals surface area contributed by atoms with Crippen molar-refractivity contribution in [3.8, 4) is 12.3 Å². The first kappa shape index (κ1) is 15.5. The molecular formula is C21H19N3O. The fraction of sp³-hybridized carbons (Fsp3) is 0.238. The molecule has 1 aliphatic heterocycles. The molecule has 1 atom stereocenters. The van der Waals surface area contributed by atoms with Gasteiger partial charge in [-0.3, -0.25) is 4.79 Å². The van der Waals surface area contributed by atoms with Gasteiger partial charge in [0, 0.05) is 24.6 Å². The van der Waals surface area contributed by atoms with Gasteiger partial charge in [-0.25, -0.2) is 4.98 Å². The quantitative estimate of drug-likeness (QED) is 0.690. The highest BCUT2D eigenvalue weighted by atomic mass is 16.2. The van der Waals surface area contributed by atoms with Crippen molar-refractivity contribution in [3.05, 3.63) is 59.9 Å². The van der Waals surface area contributed by atoms with E-state index < -0.39 is 0 Å². The molecule has 0 spiro atoms. The van der Waals surface area contributed by atoms with Crippen molar-refractivity contribution >= 4 is 22.6 Å². The van der Waals surface area contributed by atoms with Crippen LogP contribution in [0.15, 0.2) is 48.5 Å². The van der Waals surface area contributed by atoms with Gasteiger partial charge in [0.2, 0.25) is 5.91 Å². The molecule has 4 nitrogen and oxygen atoms in total. The molecule has 0 saturated carbocycles. The Balaban J connectivity index is 1.73. The molecule has 0 unspecified atom stereocenters. The fourth-order valence-corrected chi connectivity index (χ4v) is 3.64. The lowest BCUT2D eigenvalue weighted by molar-refractivity contribution is -0.117. The molecule has 1 aliphatic rings. The van der Waals surface area contributed by atoms with Crippen molar-refractivity contribution in [2.24, 2.45) is 0 Å². The minimum Gasteiger partial charge on any atom is -0.316 e. The summed E-state index contributed by atoms with van der Waals surface area (Å²) in [6.07, 6.45) is 6.03. The number of hydrogen-bond acceptors (Lipinski definition) is 2. The highest BCUT2D eigenvalue weighted by Gasteiger charge is 2.35. The Kier molecular flexibility index (Phi) is 3.77. The lowest BCUT2D eigenvalue weighted by Gasteiger charge is -2.19. The number of anilines is 1. The molecule has 1 saturated heterocycles. The van der Waals surface area contributed by atoms with Crippen LogP contribution in [0.4, 0.5) is 5.69 Å². The molecule has 0 N–H and O–H groups in total. The fourth-order valence-electron chi connectivity index (χ4n) is 3.64. The zero-order chi connectivity index (χ0) is 17.4. The highest BCUT2D eigenvalue weighted by Crippen LogP contribution is 2.34. The summed E-state index contributed by atoms with van der Waals surface area (Å²) in [6, 6.07) is 16.0. The van der Waals surface area contributed by atoms with E-state index >= 15 is 0 Å². The number of fused-ring (bicyclic) bond motifs is 1. The number of aryl methyl sites for hydroxylation is 1. The van der Waals surface area contributed by atoms with Crippen LogP contribution in [-0.2, 0) is 11.3 Å². The molecule has 2 aromatic carbocycles. The predicted molar refractivity (Wildman–Crippen MR) is 99.5 cm³/mol. The van der Waals surface area contributed by atoms with E-state index in [1.54, 1.807) is 0 Å². The first-order valence-electron chi connectivity index (χ1n) is 8.43. The van der Waals surface area contributed by atoms with Gasteiger partial charge in [-0.15, -0.1) is 6.42 Å². The summed E-state index contributed by atoms with van der Waals surface area (Å²) in [5, 5.41) is 0. The molecule has 1 fully saturated rings. The van der Waals surface area contributed by atoms with Crippen LogP contribution >= 0.6 is 0 Å². The van der Waals surface area contributed by atoms with Crippen LogP contribution in [0.5, 0.6) is 0 Å². The molecule has 4 rings (SSSR count). The average molecular weight is 329 g/mol. The summed E-state index contributed by atoms with van der Waals surface area (Å²) in [6.45, 7) is 3.13. The minimum absolute atomic E-state index is 0.0489. The second-order valence-electron chi connectivity index (χ2n) is 6.44. The van der Waals surface area contributed by atoms with E-state index in [0.29, 0.717) is 19.5 Å². The number of hydrogen-bond donors (Lipinski definition) is 0. The van der Waals surface area contributed by atoms with Gasteiger partial charge < -0.3 is 9.47 Å². The maximum Gasteiger partial charge on any atom is 0.227 e. The smallest absolute Gasteiger partial charge is 0.227 e. The molecule has 0 aliphatic carbocycles. The number of rotatable bonds is 3. The van der Waals surface area contributed by atoms with Crippen molar-refractivity contribution in [2.75, 3.05) is 11.4 Å². The van der Waals surface area contributed by atoms with Crippen LogP contribution in [0.2, 0.25) is 0 Å². The summed E-state index contributed by atoms with van der Waals surface area (Å²) >= 11 is 0. The largest absolute Gasteiger partial charge is 0.316 e. The molecular weight excluding hydrogens is 310 g/mol. The Morgan fingerprint density at radius 3 is 2.76 bits per heavy atom. The van der Waals surface area contributed by atoms with Crippen LogP contribution in [0.25, 0.3) is 11.0 Å². The van der Waals surface area contributed by atoms with Gasteiger partial charge in [-0.2, -0.15) is 0 Å². The number of terminal acetylenes is 1. The van der Waals surface area contributed by atoms with Crippen LogP contribution in [0.3, 0.4) is 0 Å².